The number of anilines is 2. The lowest BCUT2D eigenvalue weighted by Gasteiger charge is -2.27. The maximum Gasteiger partial charge on any atom is 0.416 e. The highest BCUT2D eigenvalue weighted by atomic mass is 19.4. The van der Waals surface area contributed by atoms with Gasteiger partial charge in [-0.2, -0.15) is 13.2 Å². The molecule has 52 heavy (non-hydrogen) atoms. The third-order valence-corrected chi connectivity index (χ3v) is 8.22. The molecule has 2 aromatic heterocycles. The van der Waals surface area contributed by atoms with Gasteiger partial charge in [0.15, 0.2) is 17.4 Å². The number of alkyl halides is 3. The van der Waals surface area contributed by atoms with Crippen molar-refractivity contribution < 1.29 is 50.3 Å². The van der Waals surface area contributed by atoms with Crippen molar-refractivity contribution in [3.63, 3.8) is 0 Å². The summed E-state index contributed by atoms with van der Waals surface area (Å²) in [5, 5.41) is 8.79. The van der Waals surface area contributed by atoms with Crippen LogP contribution in [0.3, 0.4) is 0 Å². The number of nitrogens with one attached hydrogen (secondary N) is 4. The molecule has 0 aliphatic carbocycles. The Morgan fingerprint density at radius 2 is 1.87 bits per heavy atom. The molecule has 4 heterocycles. The number of aromatic nitrogens is 2. The maximum atomic E-state index is 14.1. The number of hydrogen-bond donors (Lipinski definition) is 4. The molecule has 6 amide bonds. The standard InChI is InChI=1S/C34H26F5N7O6/c1-16-21-12-18(35)13-22(36)27(21)52-26(16)28(34(37,38)39)45-33(51)43-19-14-41-32(42-15-19)40-11-4-2-3-6-17-7-5-8-20-25(17)31(50)46(30(20)49)23-9-10-24(47)44-29(23)48/h5,7-8,12-15,23,28H,2,4,9-11H2,1H3,(H,40,41,42)(H2,43,45,51)(H,44,47,48)/t23?,28-/m1/s1. The van der Waals surface area contributed by atoms with Crippen LogP contribution in [0.4, 0.5) is 38.4 Å². The SMILES string of the molecule is Cc1c([C@@H](NC(=O)Nc2cnc(NCCCC#Cc3cccc4c3C(=O)N(C3CCC(=O)NC3=O)C4=O)nc2)C(F)(F)F)oc2c(F)cc(F)cc12. The van der Waals surface area contributed by atoms with Crippen LogP contribution in [0, 0.1) is 30.4 Å². The number of unbranched alkanes of at least 4 members (excludes halogenated alkanes) is 1. The number of benzene rings is 2. The van der Waals surface area contributed by atoms with E-state index >= 15 is 0 Å². The van der Waals surface area contributed by atoms with E-state index in [2.05, 4.69) is 37.8 Å². The smallest absolute Gasteiger partial charge is 0.416 e. The van der Waals surface area contributed by atoms with E-state index in [0.29, 0.717) is 31.0 Å². The van der Waals surface area contributed by atoms with Crippen LogP contribution in [0.5, 0.6) is 0 Å². The van der Waals surface area contributed by atoms with Gasteiger partial charge in [-0.25, -0.2) is 23.5 Å². The Balaban J connectivity index is 1.01. The van der Waals surface area contributed by atoms with Crippen molar-refractivity contribution in [3.8, 4) is 11.8 Å². The Morgan fingerprint density at radius 3 is 2.58 bits per heavy atom. The Morgan fingerprint density at radius 1 is 1.12 bits per heavy atom. The van der Waals surface area contributed by atoms with Crippen molar-refractivity contribution in [2.75, 3.05) is 17.2 Å². The van der Waals surface area contributed by atoms with Crippen molar-refractivity contribution in [2.45, 2.75) is 50.9 Å². The van der Waals surface area contributed by atoms with Crippen molar-refractivity contribution in [3.05, 3.63) is 82.4 Å². The van der Waals surface area contributed by atoms with E-state index < -0.39 is 70.9 Å². The van der Waals surface area contributed by atoms with Gasteiger partial charge >= 0.3 is 12.2 Å². The molecular weight excluding hydrogens is 697 g/mol. The molecule has 13 nitrogen and oxygen atoms in total. The zero-order valence-corrected chi connectivity index (χ0v) is 26.9. The van der Waals surface area contributed by atoms with E-state index in [1.165, 1.54) is 13.0 Å². The third-order valence-electron chi connectivity index (χ3n) is 8.22. The summed E-state index contributed by atoms with van der Waals surface area (Å²) < 4.78 is 74.8. The van der Waals surface area contributed by atoms with Crippen molar-refractivity contribution >= 4 is 52.3 Å². The molecule has 0 saturated carbocycles. The molecule has 1 fully saturated rings. The molecule has 2 aliphatic rings. The van der Waals surface area contributed by atoms with Crippen LogP contribution in [0.2, 0.25) is 0 Å². The summed E-state index contributed by atoms with van der Waals surface area (Å²) in [6, 6.07) is 0.852. The Kier molecular flexibility index (Phi) is 9.61. The number of carbonyl (C=O) groups excluding carboxylic acids is 5. The number of urea groups is 1. The van der Waals surface area contributed by atoms with Gasteiger partial charge in [0.05, 0.1) is 29.2 Å². The van der Waals surface area contributed by atoms with Crippen molar-refractivity contribution in [1.29, 1.82) is 0 Å². The maximum absolute atomic E-state index is 14.1. The van der Waals surface area contributed by atoms with Crippen LogP contribution in [0.1, 0.15) is 69.3 Å². The fourth-order valence-electron chi connectivity index (χ4n) is 5.77. The van der Waals surface area contributed by atoms with E-state index in [4.69, 9.17) is 4.42 Å². The average molecular weight is 724 g/mol. The molecule has 6 rings (SSSR count). The van der Waals surface area contributed by atoms with Crippen LogP contribution in [-0.2, 0) is 9.59 Å². The van der Waals surface area contributed by atoms with E-state index in [9.17, 15) is 45.9 Å². The highest BCUT2D eigenvalue weighted by molar-refractivity contribution is 6.24. The van der Waals surface area contributed by atoms with E-state index in [-0.39, 0.29) is 46.6 Å². The molecule has 0 radical (unpaired) electrons. The monoisotopic (exact) mass is 723 g/mol. The number of halogens is 5. The Bertz CT molecular complexity index is 2190. The molecule has 18 heteroatoms. The summed E-state index contributed by atoms with van der Waals surface area (Å²) in [6.07, 6.45) is -1.90. The Labute approximate surface area is 290 Å². The minimum absolute atomic E-state index is 0.000793. The molecule has 0 bridgehead atoms. The molecular formula is C34H26F5N7O6. The van der Waals surface area contributed by atoms with Gasteiger partial charge in [0.2, 0.25) is 17.8 Å². The largest absolute Gasteiger partial charge is 0.455 e. The minimum Gasteiger partial charge on any atom is -0.455 e. The van der Waals surface area contributed by atoms with Crippen LogP contribution in [-0.4, -0.2) is 63.3 Å². The molecule has 4 N–H and O–H groups in total. The van der Waals surface area contributed by atoms with Gasteiger partial charge in [-0.05, 0) is 38.0 Å². The fraction of sp³-hybridized carbons (Fsp3) is 0.265. The van der Waals surface area contributed by atoms with Crippen LogP contribution < -0.4 is 21.3 Å². The normalized spacial score (nSPS) is 16.3. The molecule has 1 saturated heterocycles. The second-order valence-electron chi connectivity index (χ2n) is 11.7. The van der Waals surface area contributed by atoms with Crippen LogP contribution >= 0.6 is 0 Å². The average Bonchev–Trinajstić information content (AvgIpc) is 3.54. The van der Waals surface area contributed by atoms with E-state index in [1.54, 1.807) is 17.4 Å². The number of carbonyl (C=O) groups is 5. The molecule has 2 atom stereocenters. The number of furan rings is 1. The van der Waals surface area contributed by atoms with Gasteiger partial charge in [-0.15, -0.1) is 0 Å². The topological polar surface area (TPSA) is 176 Å². The number of aryl methyl sites for hydroxylation is 1. The second-order valence-corrected chi connectivity index (χ2v) is 11.7. The highest BCUT2D eigenvalue weighted by Gasteiger charge is 2.46. The highest BCUT2D eigenvalue weighted by Crippen LogP contribution is 2.39. The second kappa shape index (κ2) is 14.1. The summed E-state index contributed by atoms with van der Waals surface area (Å²) in [4.78, 5) is 71.4. The number of amides is 6. The molecule has 0 spiro atoms. The van der Waals surface area contributed by atoms with Gasteiger partial charge < -0.3 is 20.4 Å². The van der Waals surface area contributed by atoms with Crippen LogP contribution in [0.25, 0.3) is 11.0 Å². The molecule has 268 valence electrons. The molecule has 1 unspecified atom stereocenters. The first kappa shape index (κ1) is 35.4. The summed E-state index contributed by atoms with van der Waals surface area (Å²) in [5.74, 6) is 0.470. The first-order valence-electron chi connectivity index (χ1n) is 15.6. The first-order valence-corrected chi connectivity index (χ1v) is 15.6. The zero-order chi connectivity index (χ0) is 37.3. The van der Waals surface area contributed by atoms with Crippen molar-refractivity contribution in [1.82, 2.24) is 25.5 Å². The van der Waals surface area contributed by atoms with Crippen molar-refractivity contribution in [2.24, 2.45) is 0 Å². The number of nitrogens with zero attached hydrogens (tertiary/aromatic N) is 3. The van der Waals surface area contributed by atoms with Crippen LogP contribution in [0.15, 0.2) is 47.1 Å². The zero-order valence-electron chi connectivity index (χ0n) is 26.9. The van der Waals surface area contributed by atoms with Gasteiger partial charge in [-0.1, -0.05) is 17.9 Å². The van der Waals surface area contributed by atoms with Gasteiger partial charge in [0.25, 0.3) is 11.8 Å². The number of hydrogen-bond acceptors (Lipinski definition) is 9. The first-order chi connectivity index (χ1) is 24.7. The fourth-order valence-corrected chi connectivity index (χ4v) is 5.77. The van der Waals surface area contributed by atoms with Gasteiger partial charge in [0, 0.05) is 42.0 Å². The summed E-state index contributed by atoms with van der Waals surface area (Å²) >= 11 is 0. The minimum atomic E-state index is -5.06. The molecule has 2 aromatic carbocycles. The lowest BCUT2D eigenvalue weighted by Crippen LogP contribution is -2.54. The number of imide groups is 2. The lowest BCUT2D eigenvalue weighted by molar-refractivity contribution is -0.158. The predicted molar refractivity (Wildman–Crippen MR) is 172 cm³/mol. The van der Waals surface area contributed by atoms with E-state index in [1.807, 2.05) is 0 Å². The number of rotatable bonds is 8. The number of fused-ring (bicyclic) bond motifs is 2. The third kappa shape index (κ3) is 7.10. The summed E-state index contributed by atoms with van der Waals surface area (Å²) in [7, 11) is 0. The quantitative estimate of drug-likeness (QED) is 0.0855. The summed E-state index contributed by atoms with van der Waals surface area (Å²) in [6.45, 7) is 1.52. The number of piperidine rings is 1. The molecule has 4 aromatic rings. The summed E-state index contributed by atoms with van der Waals surface area (Å²) in [5.41, 5.74) is -0.315. The molecule has 2 aliphatic heterocycles. The van der Waals surface area contributed by atoms with E-state index in [0.717, 1.165) is 23.4 Å². The van der Waals surface area contributed by atoms with Gasteiger partial charge in [-0.3, -0.25) is 29.4 Å². The van der Waals surface area contributed by atoms with Gasteiger partial charge in [0.1, 0.15) is 17.6 Å². The Hall–Kier alpha value is -6.38. The predicted octanol–water partition coefficient (Wildman–Crippen LogP) is 4.88. The lowest BCUT2D eigenvalue weighted by atomic mass is 10.0.